The molecule has 0 N–H and O–H groups in total. The largest absolute Gasteiger partial charge is 0.464 e. The molecule has 3 aliphatic rings. The number of hydrogen-bond acceptors (Lipinski definition) is 4. The summed E-state index contributed by atoms with van der Waals surface area (Å²) in [5, 5.41) is 1.04. The minimum atomic E-state index is -3.00. The van der Waals surface area contributed by atoms with Crippen LogP contribution in [0.2, 0.25) is 0 Å². The highest BCUT2D eigenvalue weighted by atomic mass is 32.2. The van der Waals surface area contributed by atoms with Gasteiger partial charge in [-0.05, 0) is 61.8 Å². The molecular formula is C20H23NO4S. The fourth-order valence-corrected chi connectivity index (χ4v) is 6.30. The van der Waals surface area contributed by atoms with Crippen LogP contribution in [-0.2, 0) is 33.9 Å². The number of benzene rings is 1. The van der Waals surface area contributed by atoms with Crippen LogP contribution >= 0.6 is 0 Å². The number of hydrogen-bond donors (Lipinski definition) is 0. The van der Waals surface area contributed by atoms with Crippen molar-refractivity contribution in [3.05, 3.63) is 35.1 Å². The van der Waals surface area contributed by atoms with Crippen molar-refractivity contribution < 1.29 is 17.6 Å². The number of aryl methyl sites for hydroxylation is 2. The van der Waals surface area contributed by atoms with Crippen LogP contribution in [0.5, 0.6) is 0 Å². The minimum Gasteiger partial charge on any atom is -0.464 e. The summed E-state index contributed by atoms with van der Waals surface area (Å²) in [5.41, 5.74) is 4.51. The molecule has 0 spiro atoms. The molecule has 5 nitrogen and oxygen atoms in total. The first kappa shape index (κ1) is 16.4. The highest BCUT2D eigenvalue weighted by Crippen LogP contribution is 2.34. The summed E-state index contributed by atoms with van der Waals surface area (Å²) in [6.07, 6.45) is 7.92. The Balaban J connectivity index is 1.41. The van der Waals surface area contributed by atoms with Gasteiger partial charge in [-0.3, -0.25) is 4.79 Å². The molecule has 1 aliphatic heterocycles. The second-order valence-corrected chi connectivity index (χ2v) is 10.2. The lowest BCUT2D eigenvalue weighted by atomic mass is 10.0. The second-order valence-electron chi connectivity index (χ2n) is 8.00. The van der Waals surface area contributed by atoms with Crippen molar-refractivity contribution in [3.63, 3.8) is 0 Å². The van der Waals surface area contributed by atoms with Gasteiger partial charge in [0.2, 0.25) is 5.91 Å². The summed E-state index contributed by atoms with van der Waals surface area (Å²) < 4.78 is 29.4. The third-order valence-corrected chi connectivity index (χ3v) is 7.79. The van der Waals surface area contributed by atoms with E-state index < -0.39 is 9.84 Å². The summed E-state index contributed by atoms with van der Waals surface area (Å²) in [4.78, 5) is 14.9. The molecule has 5 rings (SSSR count). The number of carbonyl (C=O) groups is 1. The highest BCUT2D eigenvalue weighted by Gasteiger charge is 2.42. The zero-order valence-electron chi connectivity index (χ0n) is 14.7. The molecule has 1 saturated carbocycles. The molecule has 0 bridgehead atoms. The SMILES string of the molecule is O=C(Cc1coc2cc3c(cc12)CCC3)N(C1CC1)[C@H]1CCS(=O)(=O)C1. The average molecular weight is 373 g/mol. The van der Waals surface area contributed by atoms with Crippen LogP contribution in [0.4, 0.5) is 0 Å². The Hall–Kier alpha value is -1.82. The van der Waals surface area contributed by atoms with E-state index in [2.05, 4.69) is 12.1 Å². The van der Waals surface area contributed by atoms with Crippen LogP contribution in [-0.4, -0.2) is 42.8 Å². The molecule has 2 aromatic rings. The van der Waals surface area contributed by atoms with Gasteiger partial charge in [-0.25, -0.2) is 8.42 Å². The van der Waals surface area contributed by atoms with Gasteiger partial charge < -0.3 is 9.32 Å². The topological polar surface area (TPSA) is 67.6 Å². The fraction of sp³-hybridized carbons (Fsp3) is 0.550. The van der Waals surface area contributed by atoms with Crippen LogP contribution < -0.4 is 0 Å². The smallest absolute Gasteiger partial charge is 0.227 e. The maximum atomic E-state index is 13.1. The number of carbonyl (C=O) groups excluding carboxylic acids is 1. The van der Waals surface area contributed by atoms with Crippen molar-refractivity contribution in [2.24, 2.45) is 0 Å². The third-order valence-electron chi connectivity index (χ3n) is 6.04. The molecule has 1 saturated heterocycles. The van der Waals surface area contributed by atoms with E-state index in [4.69, 9.17) is 4.42 Å². The Morgan fingerprint density at radius 1 is 1.12 bits per heavy atom. The predicted molar refractivity (Wildman–Crippen MR) is 98.9 cm³/mol. The van der Waals surface area contributed by atoms with E-state index in [0.717, 1.165) is 42.2 Å². The number of fused-ring (bicyclic) bond motifs is 2. The molecule has 138 valence electrons. The van der Waals surface area contributed by atoms with Crippen LogP contribution in [0.25, 0.3) is 11.0 Å². The van der Waals surface area contributed by atoms with Gasteiger partial charge in [-0.15, -0.1) is 0 Å². The van der Waals surface area contributed by atoms with E-state index in [9.17, 15) is 13.2 Å². The monoisotopic (exact) mass is 373 g/mol. The normalized spacial score (nSPS) is 24.1. The number of rotatable bonds is 4. The number of nitrogens with zero attached hydrogens (tertiary/aromatic N) is 1. The van der Waals surface area contributed by atoms with Crippen LogP contribution in [0.15, 0.2) is 22.8 Å². The fourth-order valence-electron chi connectivity index (χ4n) is 4.59. The van der Waals surface area contributed by atoms with Crippen LogP contribution in [0, 0.1) is 0 Å². The zero-order valence-corrected chi connectivity index (χ0v) is 15.6. The third kappa shape index (κ3) is 2.84. The molecule has 1 atom stereocenters. The molecule has 1 aromatic heterocycles. The first-order valence-electron chi connectivity index (χ1n) is 9.54. The first-order valence-corrected chi connectivity index (χ1v) is 11.4. The van der Waals surface area contributed by atoms with Gasteiger partial charge in [0.05, 0.1) is 24.2 Å². The quantitative estimate of drug-likeness (QED) is 0.826. The molecule has 2 aliphatic carbocycles. The van der Waals surface area contributed by atoms with Gasteiger partial charge >= 0.3 is 0 Å². The molecule has 26 heavy (non-hydrogen) atoms. The summed E-state index contributed by atoms with van der Waals surface area (Å²) in [6.45, 7) is 0. The van der Waals surface area contributed by atoms with Crippen molar-refractivity contribution in [3.8, 4) is 0 Å². The molecule has 1 amide bonds. The van der Waals surface area contributed by atoms with Crippen LogP contribution in [0.1, 0.15) is 42.4 Å². The molecule has 0 unspecified atom stereocenters. The molecule has 2 heterocycles. The molecule has 6 heteroatoms. The van der Waals surface area contributed by atoms with Crippen molar-refractivity contribution in [1.82, 2.24) is 4.90 Å². The number of amides is 1. The lowest BCUT2D eigenvalue weighted by molar-refractivity contribution is -0.133. The van der Waals surface area contributed by atoms with E-state index >= 15 is 0 Å². The molecule has 2 fully saturated rings. The van der Waals surface area contributed by atoms with Gasteiger partial charge in [-0.1, -0.05) is 0 Å². The van der Waals surface area contributed by atoms with E-state index in [0.29, 0.717) is 12.8 Å². The van der Waals surface area contributed by atoms with Gasteiger partial charge in [0.15, 0.2) is 9.84 Å². The maximum Gasteiger partial charge on any atom is 0.227 e. The summed E-state index contributed by atoms with van der Waals surface area (Å²) >= 11 is 0. The Bertz CT molecular complexity index is 987. The number of furan rings is 1. The minimum absolute atomic E-state index is 0.0396. The van der Waals surface area contributed by atoms with E-state index in [-0.39, 0.29) is 29.5 Å². The summed E-state index contributed by atoms with van der Waals surface area (Å²) in [5.74, 6) is 0.363. The Labute approximate surface area is 153 Å². The Morgan fingerprint density at radius 3 is 2.58 bits per heavy atom. The van der Waals surface area contributed by atoms with E-state index in [1.54, 1.807) is 6.26 Å². The summed E-state index contributed by atoms with van der Waals surface area (Å²) in [6, 6.07) is 4.38. The summed E-state index contributed by atoms with van der Waals surface area (Å²) in [7, 11) is -3.00. The molecule has 0 radical (unpaired) electrons. The van der Waals surface area contributed by atoms with Crippen molar-refractivity contribution in [2.45, 2.75) is 57.0 Å². The predicted octanol–water partition coefficient (Wildman–Crippen LogP) is 2.64. The lowest BCUT2D eigenvalue weighted by Gasteiger charge is -2.28. The Kier molecular flexibility index (Phi) is 3.68. The first-order chi connectivity index (χ1) is 12.5. The number of sulfone groups is 1. The van der Waals surface area contributed by atoms with Crippen molar-refractivity contribution in [2.75, 3.05) is 11.5 Å². The second kappa shape index (κ2) is 5.84. The van der Waals surface area contributed by atoms with E-state index in [1.165, 1.54) is 17.5 Å². The van der Waals surface area contributed by atoms with Gasteiger partial charge in [-0.2, -0.15) is 0 Å². The van der Waals surface area contributed by atoms with Crippen LogP contribution in [0.3, 0.4) is 0 Å². The molecular weight excluding hydrogens is 350 g/mol. The van der Waals surface area contributed by atoms with E-state index in [1.807, 2.05) is 4.90 Å². The van der Waals surface area contributed by atoms with Crippen molar-refractivity contribution >= 4 is 26.7 Å². The van der Waals surface area contributed by atoms with Gasteiger partial charge in [0.25, 0.3) is 0 Å². The maximum absolute atomic E-state index is 13.1. The van der Waals surface area contributed by atoms with Gasteiger partial charge in [0, 0.05) is 23.0 Å². The zero-order chi connectivity index (χ0) is 17.9. The van der Waals surface area contributed by atoms with Gasteiger partial charge in [0.1, 0.15) is 5.58 Å². The molecule has 1 aromatic carbocycles. The average Bonchev–Trinajstić information content (AvgIpc) is 3.02. The highest BCUT2D eigenvalue weighted by molar-refractivity contribution is 7.91. The Morgan fingerprint density at radius 2 is 1.88 bits per heavy atom. The van der Waals surface area contributed by atoms with Crippen molar-refractivity contribution in [1.29, 1.82) is 0 Å². The lowest BCUT2D eigenvalue weighted by Crippen LogP contribution is -2.43. The standard InChI is InChI=1S/C20H23NO4S/c22-20(21(16-4-5-16)17-6-7-26(23,24)12-17)10-15-11-25-19-9-14-3-1-2-13(14)8-18(15)19/h8-9,11,16-17H,1-7,10,12H2/t17-/m0/s1.